The summed E-state index contributed by atoms with van der Waals surface area (Å²) in [5.74, 6) is 0.0617. The minimum Gasteiger partial charge on any atom is -0.324 e. The van der Waals surface area contributed by atoms with Crippen molar-refractivity contribution in [3.05, 3.63) is 70.8 Å². The Hall–Kier alpha value is -2.39. The summed E-state index contributed by atoms with van der Waals surface area (Å²) >= 11 is 0. The number of rotatable bonds is 4. The number of carbonyl (C=O) groups excluding carboxylic acids is 1. The molecule has 0 unspecified atom stereocenters. The van der Waals surface area contributed by atoms with E-state index in [-0.39, 0.29) is 5.91 Å². The number of nitrogens with zero attached hydrogens (tertiary/aromatic N) is 1. The molecule has 3 nitrogen and oxygen atoms in total. The number of benzene rings is 2. The molecule has 2 aromatic carbocycles. The molecule has 1 N–H and O–H groups in total. The molecule has 1 heterocycles. The van der Waals surface area contributed by atoms with Crippen molar-refractivity contribution < 1.29 is 4.79 Å². The van der Waals surface area contributed by atoms with E-state index in [0.717, 1.165) is 36.3 Å². The fraction of sp³-hybridized carbons (Fsp3) is 0.318. The van der Waals surface area contributed by atoms with Crippen LogP contribution in [0.5, 0.6) is 0 Å². The van der Waals surface area contributed by atoms with Gasteiger partial charge in [0.1, 0.15) is 0 Å². The molecule has 0 bridgehead atoms. The van der Waals surface area contributed by atoms with Crippen molar-refractivity contribution in [2.24, 2.45) is 0 Å². The first-order valence-corrected chi connectivity index (χ1v) is 8.87. The zero-order chi connectivity index (χ0) is 17.8. The highest BCUT2D eigenvalue weighted by atomic mass is 16.2. The Bertz CT molecular complexity index is 770. The van der Waals surface area contributed by atoms with Crippen molar-refractivity contribution in [3.8, 4) is 0 Å². The summed E-state index contributed by atoms with van der Waals surface area (Å²) in [4.78, 5) is 14.6. The molecule has 1 aliphatic rings. The van der Waals surface area contributed by atoms with E-state index in [0.29, 0.717) is 6.54 Å². The molecular weight excluding hydrogens is 308 g/mol. The SMILES string of the molecule is Cc1cc(C)c(NC(=O)CN2CC=C(c3ccccc3)CC2)c(C)c1. The van der Waals surface area contributed by atoms with Crippen LogP contribution in [-0.4, -0.2) is 30.4 Å². The third kappa shape index (κ3) is 4.37. The average Bonchev–Trinajstić information content (AvgIpc) is 2.59. The normalized spacial score (nSPS) is 14.9. The standard InChI is InChI=1S/C22H26N2O/c1-16-13-17(2)22(18(3)14-16)23-21(25)15-24-11-9-20(10-12-24)19-7-5-4-6-8-19/h4-9,13-14H,10-12,15H2,1-3H3,(H,23,25). The molecule has 130 valence electrons. The number of hydrogen-bond acceptors (Lipinski definition) is 2. The molecule has 0 aliphatic carbocycles. The number of aryl methyl sites for hydroxylation is 3. The van der Waals surface area contributed by atoms with E-state index in [1.807, 2.05) is 19.9 Å². The number of hydrogen-bond donors (Lipinski definition) is 1. The van der Waals surface area contributed by atoms with E-state index in [2.05, 4.69) is 59.6 Å². The van der Waals surface area contributed by atoms with Crippen LogP contribution in [-0.2, 0) is 4.79 Å². The van der Waals surface area contributed by atoms with E-state index in [4.69, 9.17) is 0 Å². The Balaban J connectivity index is 1.59. The van der Waals surface area contributed by atoms with Gasteiger partial charge in [-0.3, -0.25) is 9.69 Å². The molecule has 2 aromatic rings. The Labute approximate surface area is 150 Å². The predicted molar refractivity (Wildman–Crippen MR) is 105 cm³/mol. The number of carbonyl (C=O) groups is 1. The number of anilines is 1. The van der Waals surface area contributed by atoms with Crippen molar-refractivity contribution in [1.82, 2.24) is 4.90 Å². The van der Waals surface area contributed by atoms with Crippen molar-refractivity contribution >= 4 is 17.2 Å². The third-order valence-corrected chi connectivity index (χ3v) is 4.75. The molecule has 3 rings (SSSR count). The summed E-state index contributed by atoms with van der Waals surface area (Å²) < 4.78 is 0. The average molecular weight is 334 g/mol. The topological polar surface area (TPSA) is 32.3 Å². The number of nitrogens with one attached hydrogen (secondary N) is 1. The van der Waals surface area contributed by atoms with E-state index in [9.17, 15) is 4.79 Å². The van der Waals surface area contributed by atoms with E-state index >= 15 is 0 Å². The molecule has 1 amide bonds. The molecule has 0 radical (unpaired) electrons. The van der Waals surface area contributed by atoms with E-state index in [1.54, 1.807) is 0 Å². The second-order valence-corrected chi connectivity index (χ2v) is 6.90. The summed E-state index contributed by atoms with van der Waals surface area (Å²) in [6.45, 7) is 8.35. The van der Waals surface area contributed by atoms with Crippen LogP contribution in [0.4, 0.5) is 5.69 Å². The van der Waals surface area contributed by atoms with Crippen LogP contribution < -0.4 is 5.32 Å². The van der Waals surface area contributed by atoms with Gasteiger partial charge in [0.05, 0.1) is 6.54 Å². The highest BCUT2D eigenvalue weighted by molar-refractivity contribution is 5.93. The second kappa shape index (κ2) is 7.66. The summed E-state index contributed by atoms with van der Waals surface area (Å²) in [5.41, 5.74) is 7.09. The largest absolute Gasteiger partial charge is 0.324 e. The molecule has 0 spiro atoms. The number of amides is 1. The summed E-state index contributed by atoms with van der Waals surface area (Å²) in [5, 5.41) is 3.09. The van der Waals surface area contributed by atoms with Gasteiger partial charge in [0.25, 0.3) is 0 Å². The van der Waals surface area contributed by atoms with Gasteiger partial charge in [-0.05, 0) is 49.5 Å². The maximum absolute atomic E-state index is 12.4. The Morgan fingerprint density at radius 3 is 2.36 bits per heavy atom. The van der Waals surface area contributed by atoms with Gasteiger partial charge in [0, 0.05) is 18.8 Å². The van der Waals surface area contributed by atoms with Crippen molar-refractivity contribution in [2.75, 3.05) is 25.0 Å². The molecule has 0 aromatic heterocycles. The van der Waals surface area contributed by atoms with Gasteiger partial charge in [-0.2, -0.15) is 0 Å². The monoisotopic (exact) mass is 334 g/mol. The molecule has 0 fully saturated rings. The van der Waals surface area contributed by atoms with Gasteiger partial charge < -0.3 is 5.32 Å². The van der Waals surface area contributed by atoms with Crippen molar-refractivity contribution in [3.63, 3.8) is 0 Å². The minimum atomic E-state index is 0.0617. The highest BCUT2D eigenvalue weighted by Crippen LogP contribution is 2.23. The smallest absolute Gasteiger partial charge is 0.238 e. The van der Waals surface area contributed by atoms with Crippen LogP contribution in [0.1, 0.15) is 28.7 Å². The summed E-state index contributed by atoms with van der Waals surface area (Å²) in [6.07, 6.45) is 3.23. The maximum atomic E-state index is 12.4. The molecule has 0 atom stereocenters. The van der Waals surface area contributed by atoms with Crippen LogP contribution in [0, 0.1) is 20.8 Å². The molecule has 0 saturated heterocycles. The zero-order valence-electron chi connectivity index (χ0n) is 15.3. The quantitative estimate of drug-likeness (QED) is 0.902. The third-order valence-electron chi connectivity index (χ3n) is 4.75. The van der Waals surface area contributed by atoms with Gasteiger partial charge in [0.15, 0.2) is 0 Å². The molecule has 1 aliphatic heterocycles. The Morgan fingerprint density at radius 2 is 1.76 bits per heavy atom. The van der Waals surface area contributed by atoms with Gasteiger partial charge in [-0.25, -0.2) is 0 Å². The first-order chi connectivity index (χ1) is 12.0. The first kappa shape index (κ1) is 17.4. The van der Waals surface area contributed by atoms with Crippen LogP contribution in [0.25, 0.3) is 5.57 Å². The second-order valence-electron chi connectivity index (χ2n) is 6.90. The van der Waals surface area contributed by atoms with Gasteiger partial charge in [0.2, 0.25) is 5.91 Å². The lowest BCUT2D eigenvalue weighted by molar-refractivity contribution is -0.117. The first-order valence-electron chi connectivity index (χ1n) is 8.87. The lowest BCUT2D eigenvalue weighted by atomic mass is 9.99. The summed E-state index contributed by atoms with van der Waals surface area (Å²) in [7, 11) is 0. The minimum absolute atomic E-state index is 0.0617. The van der Waals surface area contributed by atoms with Crippen LogP contribution in [0.2, 0.25) is 0 Å². The van der Waals surface area contributed by atoms with Crippen molar-refractivity contribution in [1.29, 1.82) is 0 Å². The molecule has 0 saturated carbocycles. The van der Waals surface area contributed by atoms with Crippen LogP contribution >= 0.6 is 0 Å². The fourth-order valence-corrected chi connectivity index (χ4v) is 3.53. The Kier molecular flexibility index (Phi) is 5.34. The molecular formula is C22H26N2O. The van der Waals surface area contributed by atoms with Gasteiger partial charge >= 0.3 is 0 Å². The van der Waals surface area contributed by atoms with Crippen LogP contribution in [0.15, 0.2) is 48.5 Å². The predicted octanol–water partition coefficient (Wildman–Crippen LogP) is 4.34. The lowest BCUT2D eigenvalue weighted by Crippen LogP contribution is -2.36. The fourth-order valence-electron chi connectivity index (χ4n) is 3.53. The van der Waals surface area contributed by atoms with E-state index < -0.39 is 0 Å². The highest BCUT2D eigenvalue weighted by Gasteiger charge is 2.16. The lowest BCUT2D eigenvalue weighted by Gasteiger charge is -2.26. The molecule has 3 heteroatoms. The van der Waals surface area contributed by atoms with Crippen LogP contribution in [0.3, 0.4) is 0 Å². The van der Waals surface area contributed by atoms with Gasteiger partial charge in [-0.1, -0.05) is 54.1 Å². The summed E-state index contributed by atoms with van der Waals surface area (Å²) in [6, 6.07) is 14.7. The Morgan fingerprint density at radius 1 is 1.08 bits per heavy atom. The maximum Gasteiger partial charge on any atom is 0.238 e. The zero-order valence-corrected chi connectivity index (χ0v) is 15.3. The molecule has 25 heavy (non-hydrogen) atoms. The van der Waals surface area contributed by atoms with E-state index in [1.165, 1.54) is 16.7 Å². The van der Waals surface area contributed by atoms with Crippen molar-refractivity contribution in [2.45, 2.75) is 27.2 Å². The van der Waals surface area contributed by atoms with Gasteiger partial charge in [-0.15, -0.1) is 0 Å².